The lowest BCUT2D eigenvalue weighted by atomic mass is 10.1. The number of ether oxygens (including phenoxy) is 1. The molecule has 3 rings (SSSR count). The molecular weight excluding hydrogens is 420 g/mol. The lowest BCUT2D eigenvalue weighted by molar-refractivity contribution is -0.135. The van der Waals surface area contributed by atoms with E-state index < -0.39 is 23.4 Å². The van der Waals surface area contributed by atoms with E-state index in [9.17, 15) is 19.1 Å². The van der Waals surface area contributed by atoms with Crippen LogP contribution in [0.1, 0.15) is 36.3 Å². The number of aromatic nitrogens is 1. The molecule has 1 aromatic heterocycles. The maximum atomic E-state index is 14.1. The fourth-order valence-corrected chi connectivity index (χ4v) is 3.33. The topological polar surface area (TPSA) is 68.5 Å². The van der Waals surface area contributed by atoms with Gasteiger partial charge in [-0.1, -0.05) is 37.0 Å². The molecule has 2 aromatic carbocycles. The molecule has 0 aliphatic rings. The van der Waals surface area contributed by atoms with Crippen LogP contribution in [0, 0.1) is 18.7 Å². The number of phenolic OH excluding ortho intramolecular Hbond substituents is 1. The normalized spacial score (nSPS) is 11.3. The zero-order valence-electron chi connectivity index (χ0n) is 15.9. The average Bonchev–Trinajstić information content (AvgIpc) is 2.88. The molecule has 29 heavy (non-hydrogen) atoms. The van der Waals surface area contributed by atoms with Crippen LogP contribution in [0.15, 0.2) is 30.3 Å². The molecule has 5 nitrogen and oxygen atoms in total. The number of benzene rings is 2. The molecule has 1 heterocycles. The van der Waals surface area contributed by atoms with Crippen molar-refractivity contribution >= 4 is 46.0 Å². The minimum absolute atomic E-state index is 0.0693. The first kappa shape index (κ1) is 21.1. The number of hydrogen-bond acceptors (Lipinski definition) is 4. The fourth-order valence-electron chi connectivity index (χ4n) is 3.03. The summed E-state index contributed by atoms with van der Waals surface area (Å²) in [5, 5.41) is 10.5. The zero-order chi connectivity index (χ0) is 21.5. The number of aromatic hydroxyl groups is 1. The summed E-state index contributed by atoms with van der Waals surface area (Å²) in [7, 11) is 0. The van der Waals surface area contributed by atoms with E-state index in [1.165, 1.54) is 22.8 Å². The average molecular weight is 438 g/mol. The van der Waals surface area contributed by atoms with Crippen molar-refractivity contribution in [3.63, 3.8) is 0 Å². The summed E-state index contributed by atoms with van der Waals surface area (Å²) in [6.45, 7) is 5.31. The minimum Gasteiger partial charge on any atom is -0.505 e. The number of esters is 1. The third-order valence-corrected chi connectivity index (χ3v) is 5.11. The van der Waals surface area contributed by atoms with Crippen LogP contribution in [-0.4, -0.2) is 21.6 Å². The van der Waals surface area contributed by atoms with E-state index in [0.29, 0.717) is 0 Å². The van der Waals surface area contributed by atoms with Crippen LogP contribution in [-0.2, 0) is 4.79 Å². The number of hydrogen-bond donors (Lipinski definition) is 1. The maximum Gasteiger partial charge on any atom is 0.311 e. The number of nitrogens with zero attached hydrogens (tertiary/aromatic N) is 1. The van der Waals surface area contributed by atoms with Gasteiger partial charge in [0.2, 0.25) is 0 Å². The molecule has 0 aliphatic carbocycles. The van der Waals surface area contributed by atoms with E-state index in [1.54, 1.807) is 6.92 Å². The first-order valence-corrected chi connectivity index (χ1v) is 9.59. The molecule has 8 heteroatoms. The molecule has 152 valence electrons. The van der Waals surface area contributed by atoms with E-state index in [1.807, 2.05) is 13.8 Å². The second-order valence-corrected chi connectivity index (χ2v) is 7.89. The van der Waals surface area contributed by atoms with Crippen molar-refractivity contribution in [2.24, 2.45) is 5.92 Å². The number of phenols is 1. The highest BCUT2D eigenvalue weighted by Gasteiger charge is 2.25. The lowest BCUT2D eigenvalue weighted by Gasteiger charge is -2.09. The van der Waals surface area contributed by atoms with Crippen LogP contribution in [0.25, 0.3) is 10.9 Å². The van der Waals surface area contributed by atoms with E-state index >= 15 is 0 Å². The van der Waals surface area contributed by atoms with Gasteiger partial charge in [-0.15, -0.1) is 0 Å². The molecule has 1 N–H and O–H groups in total. The van der Waals surface area contributed by atoms with Gasteiger partial charge in [-0.25, -0.2) is 4.39 Å². The molecule has 0 aliphatic heterocycles. The van der Waals surface area contributed by atoms with Gasteiger partial charge in [-0.05, 0) is 37.1 Å². The van der Waals surface area contributed by atoms with Crippen molar-refractivity contribution in [1.82, 2.24) is 4.57 Å². The Balaban J connectivity index is 2.19. The maximum absolute atomic E-state index is 14.1. The summed E-state index contributed by atoms with van der Waals surface area (Å²) in [5.41, 5.74) is 0.660. The largest absolute Gasteiger partial charge is 0.505 e. The van der Waals surface area contributed by atoms with Gasteiger partial charge in [-0.3, -0.25) is 14.2 Å². The number of fused-ring (bicyclic) bond motifs is 1. The molecule has 0 bridgehead atoms. The Morgan fingerprint density at radius 3 is 2.48 bits per heavy atom. The van der Waals surface area contributed by atoms with E-state index in [0.717, 1.165) is 12.1 Å². The second kappa shape index (κ2) is 8.05. The van der Waals surface area contributed by atoms with E-state index in [4.69, 9.17) is 27.9 Å². The molecule has 0 fully saturated rings. The van der Waals surface area contributed by atoms with Crippen LogP contribution in [0.2, 0.25) is 10.0 Å². The highest BCUT2D eigenvalue weighted by atomic mass is 35.5. The molecule has 3 aromatic rings. The molecule has 0 amide bonds. The predicted molar refractivity (Wildman–Crippen MR) is 110 cm³/mol. The molecule has 0 saturated carbocycles. The van der Waals surface area contributed by atoms with Gasteiger partial charge >= 0.3 is 5.97 Å². The number of rotatable bonds is 4. The Hall–Kier alpha value is -2.57. The Kier molecular flexibility index (Phi) is 5.87. The summed E-state index contributed by atoms with van der Waals surface area (Å²) in [4.78, 5) is 25.4. The molecule has 0 atom stereocenters. The van der Waals surface area contributed by atoms with Gasteiger partial charge in [0.25, 0.3) is 5.91 Å². The Bertz CT molecular complexity index is 1140. The zero-order valence-corrected chi connectivity index (χ0v) is 17.4. The Morgan fingerprint density at radius 2 is 1.86 bits per heavy atom. The fraction of sp³-hybridized carbons (Fsp3) is 0.238. The second-order valence-electron chi connectivity index (χ2n) is 7.08. The Morgan fingerprint density at radius 1 is 1.17 bits per heavy atom. The SMILES string of the molecule is Cc1c(OC(=O)CC(C)C)c2cc(O)c(F)cc2n1C(=O)c1ccc(Cl)c(Cl)c1. The van der Waals surface area contributed by atoms with Crippen molar-refractivity contribution in [1.29, 1.82) is 0 Å². The standard InChI is InChI=1S/C21H18Cl2FNO4/c1-10(2)6-19(27)29-20-11(3)25(17-9-16(24)18(26)8-13(17)20)21(28)12-4-5-14(22)15(23)7-12/h4-5,7-10,26H,6H2,1-3H3. The summed E-state index contributed by atoms with van der Waals surface area (Å²) in [6.07, 6.45) is 0.167. The third-order valence-electron chi connectivity index (χ3n) is 4.38. The Labute approximate surface area is 176 Å². The van der Waals surface area contributed by atoms with Crippen molar-refractivity contribution in [3.05, 3.63) is 57.5 Å². The summed E-state index contributed by atoms with van der Waals surface area (Å²) >= 11 is 11.9. The van der Waals surface area contributed by atoms with Gasteiger partial charge < -0.3 is 9.84 Å². The molecule has 0 unspecified atom stereocenters. The highest BCUT2D eigenvalue weighted by molar-refractivity contribution is 6.42. The van der Waals surface area contributed by atoms with Crippen LogP contribution < -0.4 is 4.74 Å². The predicted octanol–water partition coefficient (Wildman–Crippen LogP) is 5.74. The van der Waals surface area contributed by atoms with E-state index in [-0.39, 0.29) is 50.3 Å². The van der Waals surface area contributed by atoms with Gasteiger partial charge in [0.1, 0.15) is 0 Å². The first-order valence-electron chi connectivity index (χ1n) is 8.84. The summed E-state index contributed by atoms with van der Waals surface area (Å²) < 4.78 is 20.8. The van der Waals surface area contributed by atoms with Crippen LogP contribution in [0.5, 0.6) is 11.5 Å². The van der Waals surface area contributed by atoms with Crippen molar-refractivity contribution < 1.29 is 23.8 Å². The molecule has 0 saturated heterocycles. The summed E-state index contributed by atoms with van der Waals surface area (Å²) in [5.74, 6) is -2.36. The van der Waals surface area contributed by atoms with Crippen molar-refractivity contribution in [2.75, 3.05) is 0 Å². The quantitative estimate of drug-likeness (QED) is 0.528. The van der Waals surface area contributed by atoms with Crippen LogP contribution >= 0.6 is 23.2 Å². The number of carbonyl (C=O) groups is 2. The molecular formula is C21H18Cl2FNO4. The smallest absolute Gasteiger partial charge is 0.311 e. The highest BCUT2D eigenvalue weighted by Crippen LogP contribution is 2.37. The van der Waals surface area contributed by atoms with Crippen molar-refractivity contribution in [3.8, 4) is 11.5 Å². The minimum atomic E-state index is -0.904. The van der Waals surface area contributed by atoms with Crippen LogP contribution in [0.3, 0.4) is 0 Å². The van der Waals surface area contributed by atoms with Crippen LogP contribution in [0.4, 0.5) is 4.39 Å². The molecule has 0 radical (unpaired) electrons. The van der Waals surface area contributed by atoms with Gasteiger partial charge in [0, 0.05) is 23.4 Å². The van der Waals surface area contributed by atoms with Gasteiger partial charge in [-0.2, -0.15) is 0 Å². The third kappa shape index (κ3) is 4.09. The van der Waals surface area contributed by atoms with Gasteiger partial charge in [0.05, 0.1) is 21.3 Å². The summed E-state index contributed by atoms with van der Waals surface area (Å²) in [6, 6.07) is 6.52. The molecule has 0 spiro atoms. The monoisotopic (exact) mass is 437 g/mol. The number of halogens is 3. The van der Waals surface area contributed by atoms with Gasteiger partial charge in [0.15, 0.2) is 17.3 Å². The number of carbonyl (C=O) groups excluding carboxylic acids is 2. The lowest BCUT2D eigenvalue weighted by Crippen LogP contribution is -2.15. The van der Waals surface area contributed by atoms with E-state index in [2.05, 4.69) is 0 Å². The van der Waals surface area contributed by atoms with Crippen molar-refractivity contribution in [2.45, 2.75) is 27.2 Å². The first-order chi connectivity index (χ1) is 13.6.